The minimum Gasteiger partial charge on any atom is -0.134 e. The van der Waals surface area contributed by atoms with Crippen LogP contribution in [0.4, 0.5) is 0 Å². The molecule has 0 fully saturated rings. The summed E-state index contributed by atoms with van der Waals surface area (Å²) in [5.41, 5.74) is 5.09. The average Bonchev–Trinajstić information content (AvgIpc) is 3.33. The minimum absolute atomic E-state index is 1.25. The fraction of sp³-hybridized carbons (Fsp3) is 0. The Bertz CT molecular complexity index is 1840. The van der Waals surface area contributed by atoms with Gasteiger partial charge in [0.2, 0.25) is 0 Å². The first-order valence-corrected chi connectivity index (χ1v) is 12.8. The van der Waals surface area contributed by atoms with Gasteiger partial charge in [0.1, 0.15) is 0 Å². The molecule has 0 saturated heterocycles. The summed E-state index contributed by atoms with van der Waals surface area (Å²) in [6.07, 6.45) is 0. The summed E-state index contributed by atoms with van der Waals surface area (Å²) >= 11 is 1.90. The summed E-state index contributed by atoms with van der Waals surface area (Å²) in [7, 11) is 0. The molecule has 0 amide bonds. The van der Waals surface area contributed by atoms with E-state index in [1.807, 2.05) is 11.3 Å². The average molecular weight is 463 g/mol. The molecule has 1 heterocycles. The Kier molecular flexibility index (Phi) is 4.75. The van der Waals surface area contributed by atoms with Crippen molar-refractivity contribution in [1.29, 1.82) is 0 Å². The molecule has 0 aliphatic heterocycles. The molecular weight excluding hydrogens is 440 g/mol. The molecule has 0 N–H and O–H groups in total. The van der Waals surface area contributed by atoms with Crippen molar-refractivity contribution in [2.45, 2.75) is 0 Å². The highest BCUT2D eigenvalue weighted by atomic mass is 32.1. The summed E-state index contributed by atoms with van der Waals surface area (Å²) in [5.74, 6) is 0. The molecule has 7 aromatic rings. The molecule has 6 aromatic carbocycles. The lowest BCUT2D eigenvalue weighted by Crippen LogP contribution is -1.82. The molecular formula is C34H22S. The standard InChI is InChI=1S/C34H22S/c1-2-10-23(11-3-1)27-13-6-7-15-29(27)34-31-17-9-8-16-30(31)33(35-34)26-21-20-25-19-18-24-12-4-5-14-28(24)32(25)22-26/h1-22H. The predicted molar refractivity (Wildman–Crippen MR) is 153 cm³/mol. The zero-order valence-electron chi connectivity index (χ0n) is 19.1. The Morgan fingerprint density at radius 1 is 0.343 bits per heavy atom. The summed E-state index contributed by atoms with van der Waals surface area (Å²) < 4.78 is 0. The van der Waals surface area contributed by atoms with E-state index in [0.717, 1.165) is 0 Å². The molecule has 0 spiro atoms. The van der Waals surface area contributed by atoms with Crippen LogP contribution >= 0.6 is 11.3 Å². The molecule has 1 aromatic heterocycles. The molecule has 0 radical (unpaired) electrons. The van der Waals surface area contributed by atoms with Crippen LogP contribution in [0.1, 0.15) is 0 Å². The number of rotatable bonds is 3. The second kappa shape index (κ2) is 8.23. The third-order valence-electron chi connectivity index (χ3n) is 6.89. The molecule has 35 heavy (non-hydrogen) atoms. The molecule has 0 saturated carbocycles. The molecule has 0 unspecified atom stereocenters. The van der Waals surface area contributed by atoms with Gasteiger partial charge in [-0.3, -0.25) is 0 Å². The zero-order chi connectivity index (χ0) is 23.2. The summed E-state index contributed by atoms with van der Waals surface area (Å²) in [6, 6.07) is 48.4. The van der Waals surface area contributed by atoms with Crippen molar-refractivity contribution in [2.75, 3.05) is 0 Å². The van der Waals surface area contributed by atoms with Crippen molar-refractivity contribution in [1.82, 2.24) is 0 Å². The van der Waals surface area contributed by atoms with E-state index < -0.39 is 0 Å². The van der Waals surface area contributed by atoms with Crippen molar-refractivity contribution in [3.63, 3.8) is 0 Å². The van der Waals surface area contributed by atoms with Gasteiger partial charge in [-0.25, -0.2) is 0 Å². The van der Waals surface area contributed by atoms with Crippen LogP contribution in [-0.2, 0) is 0 Å². The first-order chi connectivity index (χ1) is 17.4. The zero-order valence-corrected chi connectivity index (χ0v) is 19.9. The van der Waals surface area contributed by atoms with E-state index in [0.29, 0.717) is 0 Å². The van der Waals surface area contributed by atoms with Crippen molar-refractivity contribution in [3.8, 4) is 32.0 Å². The Hall–Kier alpha value is -4.20. The van der Waals surface area contributed by atoms with Gasteiger partial charge in [-0.2, -0.15) is 0 Å². The van der Waals surface area contributed by atoms with Crippen LogP contribution in [0.3, 0.4) is 0 Å². The Morgan fingerprint density at radius 3 is 1.71 bits per heavy atom. The van der Waals surface area contributed by atoms with Crippen LogP contribution in [-0.4, -0.2) is 0 Å². The second-order valence-electron chi connectivity index (χ2n) is 8.94. The smallest absolute Gasteiger partial charge is 0.0434 e. The highest BCUT2D eigenvalue weighted by Gasteiger charge is 2.17. The first-order valence-electron chi connectivity index (χ1n) is 11.9. The number of hydrogen-bond acceptors (Lipinski definition) is 1. The highest BCUT2D eigenvalue weighted by Crippen LogP contribution is 2.47. The molecule has 164 valence electrons. The van der Waals surface area contributed by atoms with Gasteiger partial charge in [-0.15, -0.1) is 11.3 Å². The fourth-order valence-electron chi connectivity index (χ4n) is 5.20. The van der Waals surface area contributed by atoms with Gasteiger partial charge in [0.15, 0.2) is 0 Å². The number of hydrogen-bond donors (Lipinski definition) is 0. The van der Waals surface area contributed by atoms with Crippen LogP contribution in [0.5, 0.6) is 0 Å². The van der Waals surface area contributed by atoms with Gasteiger partial charge in [-0.1, -0.05) is 127 Å². The molecule has 0 atom stereocenters. The molecule has 0 bridgehead atoms. The van der Waals surface area contributed by atoms with Gasteiger partial charge in [0.05, 0.1) is 0 Å². The maximum absolute atomic E-state index is 2.38. The highest BCUT2D eigenvalue weighted by molar-refractivity contribution is 7.21. The summed E-state index contributed by atoms with van der Waals surface area (Å²) in [6.45, 7) is 0. The quantitative estimate of drug-likeness (QED) is 0.229. The Labute approximate surface area is 208 Å². The number of fused-ring (bicyclic) bond motifs is 4. The van der Waals surface area contributed by atoms with Gasteiger partial charge in [0.25, 0.3) is 0 Å². The summed E-state index contributed by atoms with van der Waals surface area (Å²) in [5, 5.41) is 7.81. The van der Waals surface area contributed by atoms with Crippen LogP contribution in [0.2, 0.25) is 0 Å². The summed E-state index contributed by atoms with van der Waals surface area (Å²) in [4.78, 5) is 2.65. The second-order valence-corrected chi connectivity index (χ2v) is 9.96. The Morgan fingerprint density at radius 2 is 0.914 bits per heavy atom. The van der Waals surface area contributed by atoms with Crippen LogP contribution in [0.25, 0.3) is 64.3 Å². The maximum Gasteiger partial charge on any atom is 0.0434 e. The predicted octanol–water partition coefficient (Wildman–Crippen LogP) is 10.2. The number of benzene rings is 6. The minimum atomic E-state index is 1.25. The largest absolute Gasteiger partial charge is 0.134 e. The third kappa shape index (κ3) is 3.36. The van der Waals surface area contributed by atoms with Crippen LogP contribution < -0.4 is 0 Å². The van der Waals surface area contributed by atoms with Gasteiger partial charge in [-0.05, 0) is 44.3 Å². The lowest BCUT2D eigenvalue weighted by molar-refractivity contribution is 1.62. The molecule has 7 rings (SSSR count). The molecule has 0 aliphatic rings. The van der Waals surface area contributed by atoms with Crippen LogP contribution in [0, 0.1) is 0 Å². The van der Waals surface area contributed by atoms with E-state index in [-0.39, 0.29) is 0 Å². The van der Waals surface area contributed by atoms with Crippen molar-refractivity contribution >= 4 is 43.7 Å². The van der Waals surface area contributed by atoms with Crippen molar-refractivity contribution in [2.24, 2.45) is 0 Å². The Balaban J connectivity index is 1.48. The lowest BCUT2D eigenvalue weighted by Gasteiger charge is -2.09. The fourth-order valence-corrected chi connectivity index (χ4v) is 6.51. The van der Waals surface area contributed by atoms with E-state index in [1.54, 1.807) is 0 Å². The molecule has 1 heteroatoms. The maximum atomic E-state index is 2.38. The third-order valence-corrected chi connectivity index (χ3v) is 8.19. The van der Waals surface area contributed by atoms with E-state index in [2.05, 4.69) is 133 Å². The molecule has 0 nitrogen and oxygen atoms in total. The normalized spacial score (nSPS) is 11.4. The topological polar surface area (TPSA) is 0 Å². The van der Waals surface area contributed by atoms with Crippen molar-refractivity contribution in [3.05, 3.63) is 133 Å². The van der Waals surface area contributed by atoms with E-state index >= 15 is 0 Å². The van der Waals surface area contributed by atoms with Gasteiger partial charge in [0, 0.05) is 26.1 Å². The van der Waals surface area contributed by atoms with E-state index in [4.69, 9.17) is 0 Å². The number of thiophene rings is 1. The van der Waals surface area contributed by atoms with Gasteiger partial charge >= 0.3 is 0 Å². The molecule has 0 aliphatic carbocycles. The SMILES string of the molecule is c1ccc(-c2ccccc2-c2sc(-c3ccc4ccc5ccccc5c4c3)c3ccccc23)cc1. The lowest BCUT2D eigenvalue weighted by atomic mass is 9.96. The van der Waals surface area contributed by atoms with E-state index in [9.17, 15) is 0 Å². The monoisotopic (exact) mass is 462 g/mol. The van der Waals surface area contributed by atoms with Crippen LogP contribution in [0.15, 0.2) is 133 Å². The van der Waals surface area contributed by atoms with Crippen molar-refractivity contribution < 1.29 is 0 Å². The van der Waals surface area contributed by atoms with E-state index in [1.165, 1.54) is 64.3 Å². The first kappa shape index (κ1) is 20.2. The van der Waals surface area contributed by atoms with Gasteiger partial charge < -0.3 is 0 Å².